The molecule has 0 bridgehead atoms. The Kier molecular flexibility index (Phi) is 7.56. The minimum absolute atomic E-state index is 0.0302. The molecule has 3 atom stereocenters. The van der Waals surface area contributed by atoms with Crippen LogP contribution in [0.3, 0.4) is 0 Å². The van der Waals surface area contributed by atoms with Gasteiger partial charge in [0.15, 0.2) is 5.78 Å². The first-order valence-corrected chi connectivity index (χ1v) is 12.9. The number of benzene rings is 1. The first-order chi connectivity index (χ1) is 16.9. The summed E-state index contributed by atoms with van der Waals surface area (Å²) in [5.41, 5.74) is 1.63. The van der Waals surface area contributed by atoms with Gasteiger partial charge in [0.2, 0.25) is 10.0 Å². The molecule has 12 heteroatoms. The van der Waals surface area contributed by atoms with Gasteiger partial charge in [-0.05, 0) is 61.6 Å². The molecule has 2 aromatic rings. The van der Waals surface area contributed by atoms with E-state index in [2.05, 4.69) is 9.97 Å². The van der Waals surface area contributed by atoms with Gasteiger partial charge in [-0.1, -0.05) is 6.08 Å². The zero-order valence-corrected chi connectivity index (χ0v) is 19.9. The van der Waals surface area contributed by atoms with Crippen LogP contribution in [-0.2, 0) is 21.2 Å². The Morgan fingerprint density at radius 3 is 2.50 bits per heavy atom. The van der Waals surface area contributed by atoms with Crippen LogP contribution in [0.15, 0.2) is 47.6 Å². The summed E-state index contributed by atoms with van der Waals surface area (Å²) in [5, 5.41) is 0. The maximum atomic E-state index is 14.2. The van der Waals surface area contributed by atoms with Crippen LogP contribution < -0.4 is 0 Å². The van der Waals surface area contributed by atoms with Gasteiger partial charge >= 0.3 is 6.18 Å². The van der Waals surface area contributed by atoms with Gasteiger partial charge < -0.3 is 0 Å². The molecule has 36 heavy (non-hydrogen) atoms. The topological polar surface area (TPSA) is 80.2 Å². The lowest BCUT2D eigenvalue weighted by molar-refractivity contribution is -0.175. The molecule has 0 saturated carbocycles. The van der Waals surface area contributed by atoms with E-state index in [4.69, 9.17) is 0 Å². The number of Topliss-reactive ketones (excluding diaryl/α,β-unsaturated/α-hetero) is 1. The molecule has 0 spiro atoms. The second-order valence-corrected chi connectivity index (χ2v) is 10.9. The van der Waals surface area contributed by atoms with E-state index in [9.17, 15) is 35.2 Å². The molecule has 0 N–H and O–H groups in total. The smallest absolute Gasteiger partial charge is 0.298 e. The summed E-state index contributed by atoms with van der Waals surface area (Å²) in [4.78, 5) is 21.0. The Morgan fingerprint density at radius 1 is 1.14 bits per heavy atom. The molecule has 2 heterocycles. The van der Waals surface area contributed by atoms with Gasteiger partial charge in [-0.25, -0.2) is 27.2 Å². The third-order valence-corrected chi connectivity index (χ3v) is 8.44. The maximum absolute atomic E-state index is 14.2. The number of sulfonamides is 1. The first kappa shape index (κ1) is 26.3. The molecule has 1 saturated heterocycles. The lowest BCUT2D eigenvalue weighted by Crippen LogP contribution is -2.40. The van der Waals surface area contributed by atoms with Crippen LogP contribution in [0, 0.1) is 11.7 Å². The van der Waals surface area contributed by atoms with Gasteiger partial charge in [0.25, 0.3) is 0 Å². The van der Waals surface area contributed by atoms with Crippen molar-refractivity contribution in [2.75, 3.05) is 6.54 Å². The van der Waals surface area contributed by atoms with Crippen LogP contribution in [0.5, 0.6) is 0 Å². The maximum Gasteiger partial charge on any atom is 0.392 e. The van der Waals surface area contributed by atoms with E-state index in [0.29, 0.717) is 17.0 Å². The molecular weight excluding hydrogens is 505 g/mol. The number of hydrogen-bond acceptors (Lipinski definition) is 5. The van der Waals surface area contributed by atoms with Crippen LogP contribution in [-0.4, -0.2) is 53.4 Å². The Balaban J connectivity index is 1.43. The molecule has 1 unspecified atom stereocenters. The van der Waals surface area contributed by atoms with E-state index in [0.717, 1.165) is 28.6 Å². The van der Waals surface area contributed by atoms with Crippen molar-refractivity contribution in [3.8, 4) is 0 Å². The van der Waals surface area contributed by atoms with E-state index in [-0.39, 0.29) is 43.4 Å². The number of rotatable bonds is 7. The van der Waals surface area contributed by atoms with Crippen LogP contribution in [0.25, 0.3) is 5.57 Å². The molecule has 1 fully saturated rings. The van der Waals surface area contributed by atoms with Crippen LogP contribution in [0.4, 0.5) is 22.0 Å². The minimum atomic E-state index is -4.24. The highest BCUT2D eigenvalue weighted by Gasteiger charge is 2.44. The van der Waals surface area contributed by atoms with Crippen LogP contribution in [0.1, 0.15) is 43.5 Å². The highest BCUT2D eigenvalue weighted by molar-refractivity contribution is 7.89. The Bertz CT molecular complexity index is 1250. The summed E-state index contributed by atoms with van der Waals surface area (Å²) in [5.74, 6) is -2.48. The Labute approximate surface area is 205 Å². The number of ketones is 1. The lowest BCUT2D eigenvalue weighted by atomic mass is 9.87. The highest BCUT2D eigenvalue weighted by Crippen LogP contribution is 2.39. The molecule has 1 aromatic heterocycles. The third-order valence-electron chi connectivity index (χ3n) is 6.55. The minimum Gasteiger partial charge on any atom is -0.298 e. The zero-order valence-electron chi connectivity index (χ0n) is 19.1. The molecule has 1 aromatic carbocycles. The number of alkyl halides is 4. The fraction of sp³-hybridized carbons (Fsp3) is 0.458. The van der Waals surface area contributed by atoms with Gasteiger partial charge in [0, 0.05) is 25.1 Å². The van der Waals surface area contributed by atoms with E-state index >= 15 is 0 Å². The lowest BCUT2D eigenvalue weighted by Gasteiger charge is -2.24. The van der Waals surface area contributed by atoms with Crippen molar-refractivity contribution < 1.29 is 35.2 Å². The van der Waals surface area contributed by atoms with Crippen molar-refractivity contribution in [3.05, 3.63) is 59.9 Å². The molecule has 4 rings (SSSR count). The molecule has 1 aliphatic heterocycles. The summed E-state index contributed by atoms with van der Waals surface area (Å²) in [6.07, 6.45) is -3.16. The largest absolute Gasteiger partial charge is 0.392 e. The standard InChI is InChI=1S/C24H24F5N3O3S/c25-17-5-8-20(9-6-17)36(34,35)32-13-18(26)11-22(32)23(33)10-7-19-12-21(31-14-30-19)15-1-3-16(4-2-15)24(27,28)29/h1,5-6,8-9,12,14,16,18,22H,2-4,7,10-11,13H2/t16?,18-,22+/m1/s1. The fourth-order valence-electron chi connectivity index (χ4n) is 4.55. The predicted octanol–water partition coefficient (Wildman–Crippen LogP) is 4.66. The van der Waals surface area contributed by atoms with E-state index in [1.807, 2.05) is 0 Å². The molecule has 0 amide bonds. The van der Waals surface area contributed by atoms with Crippen LogP contribution in [0.2, 0.25) is 0 Å². The zero-order chi connectivity index (χ0) is 26.1. The summed E-state index contributed by atoms with van der Waals surface area (Å²) in [6, 6.07) is 4.49. The van der Waals surface area contributed by atoms with Crippen LogP contribution >= 0.6 is 0 Å². The SMILES string of the molecule is O=C(CCc1cc(C2=CCC(C(F)(F)F)CC2)ncn1)[C@@H]1C[C@@H](F)CN1S(=O)(=O)c1ccc(F)cc1. The molecule has 6 nitrogen and oxygen atoms in total. The highest BCUT2D eigenvalue weighted by atomic mass is 32.2. The number of nitrogens with zero attached hydrogens (tertiary/aromatic N) is 3. The quantitative estimate of drug-likeness (QED) is 0.488. The van der Waals surface area contributed by atoms with Crippen molar-refractivity contribution in [2.45, 2.75) is 61.8 Å². The Morgan fingerprint density at radius 2 is 1.86 bits per heavy atom. The van der Waals surface area contributed by atoms with Crippen molar-refractivity contribution in [2.24, 2.45) is 5.92 Å². The molecular formula is C24H24F5N3O3S. The van der Waals surface area contributed by atoms with Crippen molar-refractivity contribution in [3.63, 3.8) is 0 Å². The van der Waals surface area contributed by atoms with E-state index < -0.39 is 52.5 Å². The molecule has 1 aliphatic carbocycles. The molecule has 194 valence electrons. The fourth-order valence-corrected chi connectivity index (χ4v) is 6.20. The third kappa shape index (κ3) is 5.80. The average molecular weight is 530 g/mol. The Hall–Kier alpha value is -2.73. The number of halogens is 5. The van der Waals surface area contributed by atoms with Crippen molar-refractivity contribution in [1.82, 2.24) is 14.3 Å². The summed E-state index contributed by atoms with van der Waals surface area (Å²) >= 11 is 0. The van der Waals surface area contributed by atoms with Gasteiger partial charge in [0.05, 0.1) is 22.5 Å². The summed E-state index contributed by atoms with van der Waals surface area (Å²) in [6.45, 7) is -0.471. The second-order valence-electron chi connectivity index (χ2n) is 8.98. The molecule has 0 radical (unpaired) electrons. The van der Waals surface area contributed by atoms with Gasteiger partial charge in [-0.3, -0.25) is 4.79 Å². The monoisotopic (exact) mass is 529 g/mol. The average Bonchev–Trinajstić information content (AvgIpc) is 3.25. The first-order valence-electron chi connectivity index (χ1n) is 11.5. The molecule has 2 aliphatic rings. The number of carbonyl (C=O) groups excluding carboxylic acids is 1. The number of hydrogen-bond donors (Lipinski definition) is 0. The summed E-state index contributed by atoms with van der Waals surface area (Å²) < 4.78 is 92.9. The van der Waals surface area contributed by atoms with Gasteiger partial charge in [0.1, 0.15) is 18.3 Å². The normalized spacial score (nSPS) is 23.5. The van der Waals surface area contributed by atoms with E-state index in [1.165, 1.54) is 12.4 Å². The number of aromatic nitrogens is 2. The van der Waals surface area contributed by atoms with E-state index in [1.54, 1.807) is 6.07 Å². The number of allylic oxidation sites excluding steroid dienone is 2. The van der Waals surface area contributed by atoms with Crippen molar-refractivity contribution >= 4 is 21.4 Å². The number of aryl methyl sites for hydroxylation is 1. The van der Waals surface area contributed by atoms with Gasteiger partial charge in [-0.2, -0.15) is 17.5 Å². The second kappa shape index (κ2) is 10.3. The van der Waals surface area contributed by atoms with Crippen molar-refractivity contribution in [1.29, 1.82) is 0 Å². The summed E-state index contributed by atoms with van der Waals surface area (Å²) in [7, 11) is -4.21. The number of carbonyl (C=O) groups is 1. The van der Waals surface area contributed by atoms with Gasteiger partial charge in [-0.15, -0.1) is 0 Å². The predicted molar refractivity (Wildman–Crippen MR) is 120 cm³/mol.